The first-order chi connectivity index (χ1) is 11.5. The van der Waals surface area contributed by atoms with Gasteiger partial charge in [-0.3, -0.25) is 4.79 Å². The molecule has 0 aromatic heterocycles. The Balaban J connectivity index is 2.77. The number of hydrogen-bond donors (Lipinski definition) is 3. The molecule has 0 unspecified atom stereocenters. The molecule has 0 saturated carbocycles. The van der Waals surface area contributed by atoms with Crippen LogP contribution in [0, 0.1) is 5.92 Å². The van der Waals surface area contributed by atoms with Crippen LogP contribution in [0.25, 0.3) is 0 Å². The van der Waals surface area contributed by atoms with Crippen molar-refractivity contribution in [3.63, 3.8) is 0 Å². The Hall–Kier alpha value is -1.28. The Morgan fingerprint density at radius 1 is 1.24 bits per heavy atom. The van der Waals surface area contributed by atoms with Crippen LogP contribution in [0.3, 0.4) is 0 Å². The third-order valence-electron chi connectivity index (χ3n) is 2.86. The zero-order chi connectivity index (χ0) is 19.2. The van der Waals surface area contributed by atoms with Crippen molar-refractivity contribution in [2.24, 2.45) is 5.92 Å². The molecule has 0 aliphatic carbocycles. The van der Waals surface area contributed by atoms with Crippen LogP contribution in [0.1, 0.15) is 30.6 Å². The van der Waals surface area contributed by atoms with Crippen LogP contribution in [0.4, 0.5) is 5.69 Å². The quantitative estimate of drug-likeness (QED) is 0.367. The second kappa shape index (κ2) is 9.43. The fraction of sp³-hybridized carbons (Fsp3) is 0.400. The first-order valence-corrected chi connectivity index (χ1v) is 8.78. The van der Waals surface area contributed by atoms with Gasteiger partial charge in [0.2, 0.25) is 9.70 Å². The fourth-order valence-electron chi connectivity index (χ4n) is 1.81. The van der Waals surface area contributed by atoms with Crippen LogP contribution in [0.2, 0.25) is 0 Å². The van der Waals surface area contributed by atoms with Gasteiger partial charge < -0.3 is 25.9 Å². The predicted molar refractivity (Wildman–Crippen MR) is 102 cm³/mol. The molecule has 0 saturated heterocycles. The van der Waals surface area contributed by atoms with Gasteiger partial charge in [-0.25, -0.2) is 0 Å². The number of carboxylic acids is 1. The summed E-state index contributed by atoms with van der Waals surface area (Å²) in [7, 11) is 0. The zero-order valence-electron chi connectivity index (χ0n) is 13.4. The number of thiocarbonyl (C=S) groups is 1. The molecule has 0 fully saturated rings. The van der Waals surface area contributed by atoms with E-state index in [2.05, 4.69) is 16.0 Å². The summed E-state index contributed by atoms with van der Waals surface area (Å²) in [5.41, 5.74) is 0.381. The van der Waals surface area contributed by atoms with Gasteiger partial charge in [-0.1, -0.05) is 60.8 Å². The molecule has 1 atom stereocenters. The van der Waals surface area contributed by atoms with Gasteiger partial charge in [0.15, 0.2) is 5.11 Å². The molecule has 1 aromatic rings. The van der Waals surface area contributed by atoms with Crippen molar-refractivity contribution in [3.05, 3.63) is 29.8 Å². The van der Waals surface area contributed by atoms with E-state index in [1.54, 1.807) is 6.07 Å². The van der Waals surface area contributed by atoms with Gasteiger partial charge in [0, 0.05) is 12.1 Å². The van der Waals surface area contributed by atoms with Crippen LogP contribution in [0.15, 0.2) is 24.3 Å². The average Bonchev–Trinajstić information content (AvgIpc) is 2.44. The summed E-state index contributed by atoms with van der Waals surface area (Å²) in [6.45, 7) is 3.77. The van der Waals surface area contributed by atoms with Crippen LogP contribution in [-0.4, -0.2) is 26.9 Å². The minimum Gasteiger partial charge on any atom is -0.545 e. The number of aromatic carboxylic acids is 1. The van der Waals surface area contributed by atoms with E-state index in [9.17, 15) is 14.7 Å². The van der Waals surface area contributed by atoms with Gasteiger partial charge >= 0.3 is 0 Å². The van der Waals surface area contributed by atoms with Crippen LogP contribution in [0.5, 0.6) is 0 Å². The number of benzene rings is 1. The minimum atomic E-state index is -1.86. The molecule has 0 radical (unpaired) electrons. The van der Waals surface area contributed by atoms with Gasteiger partial charge in [0.1, 0.15) is 6.17 Å². The number of carbonyl (C=O) groups excluding carboxylic acids is 2. The first kappa shape index (κ1) is 21.8. The number of carbonyl (C=O) groups is 2. The fourth-order valence-corrected chi connectivity index (χ4v) is 2.38. The maximum Gasteiger partial charge on any atom is 0.228 e. The van der Waals surface area contributed by atoms with Crippen molar-refractivity contribution >= 4 is 69.7 Å². The molecule has 3 N–H and O–H groups in total. The summed E-state index contributed by atoms with van der Waals surface area (Å²) < 4.78 is -1.86. The molecular weight excluding hydrogens is 409 g/mol. The highest BCUT2D eigenvalue weighted by molar-refractivity contribution is 7.80. The number of halogens is 3. The minimum absolute atomic E-state index is 0.0176. The molecular formula is C15H17Cl3N3O3S-. The van der Waals surface area contributed by atoms with Gasteiger partial charge in [-0.05, 0) is 35.8 Å². The Morgan fingerprint density at radius 2 is 1.88 bits per heavy atom. The largest absolute Gasteiger partial charge is 0.545 e. The van der Waals surface area contributed by atoms with Gasteiger partial charge in [-0.2, -0.15) is 0 Å². The van der Waals surface area contributed by atoms with Crippen molar-refractivity contribution in [2.75, 3.05) is 5.32 Å². The Bertz CT molecular complexity index is 650. The number of anilines is 1. The van der Waals surface area contributed by atoms with E-state index in [4.69, 9.17) is 47.0 Å². The monoisotopic (exact) mass is 424 g/mol. The maximum absolute atomic E-state index is 11.9. The molecule has 138 valence electrons. The summed E-state index contributed by atoms with van der Waals surface area (Å²) in [6, 6.07) is 5.84. The van der Waals surface area contributed by atoms with Crippen molar-refractivity contribution in [2.45, 2.75) is 30.2 Å². The number of carboxylic acid groups (broad SMARTS) is 1. The Labute approximate surface area is 166 Å². The van der Waals surface area contributed by atoms with Crippen molar-refractivity contribution in [1.82, 2.24) is 10.6 Å². The zero-order valence-corrected chi connectivity index (χ0v) is 16.5. The lowest BCUT2D eigenvalue weighted by atomic mass is 10.1. The van der Waals surface area contributed by atoms with Gasteiger partial charge in [0.25, 0.3) is 0 Å². The summed E-state index contributed by atoms with van der Waals surface area (Å²) in [4.78, 5) is 22.8. The third kappa shape index (κ3) is 8.09. The van der Waals surface area contributed by atoms with Crippen LogP contribution >= 0.6 is 47.0 Å². The third-order valence-corrected chi connectivity index (χ3v) is 3.73. The first-order valence-electron chi connectivity index (χ1n) is 7.24. The Kier molecular flexibility index (Phi) is 8.21. The van der Waals surface area contributed by atoms with E-state index in [1.165, 1.54) is 18.2 Å². The molecule has 1 amide bonds. The lowest BCUT2D eigenvalue weighted by Crippen LogP contribution is -2.56. The van der Waals surface area contributed by atoms with Gasteiger partial charge in [0.05, 0.1) is 5.97 Å². The SMILES string of the molecule is CC(C)CC(=O)N[C@H](NC(=S)Nc1cccc(C(=O)[O-])c1)C(Cl)(Cl)Cl. The van der Waals surface area contributed by atoms with Gasteiger partial charge in [-0.15, -0.1) is 0 Å². The number of amides is 1. The molecule has 0 aliphatic heterocycles. The molecule has 6 nitrogen and oxygen atoms in total. The van der Waals surface area contributed by atoms with E-state index in [0.29, 0.717) is 5.69 Å². The Morgan fingerprint density at radius 3 is 2.40 bits per heavy atom. The summed E-state index contributed by atoms with van der Waals surface area (Å²) >= 11 is 22.7. The highest BCUT2D eigenvalue weighted by Crippen LogP contribution is 2.29. The molecule has 1 aromatic carbocycles. The number of alkyl halides is 3. The standard InChI is InChI=1S/C15H18Cl3N3O3S/c1-8(2)6-11(22)20-13(15(16,17)18)21-14(25)19-10-5-3-4-9(7-10)12(23)24/h3-5,7-8,13H,6H2,1-2H3,(H,20,22)(H,23,24)(H2,19,21,25)/p-1/t13-/m1/s1. The molecule has 1 rings (SSSR count). The molecule has 25 heavy (non-hydrogen) atoms. The number of hydrogen-bond acceptors (Lipinski definition) is 4. The average molecular weight is 426 g/mol. The lowest BCUT2D eigenvalue weighted by Gasteiger charge is -2.28. The number of rotatable bonds is 6. The summed E-state index contributed by atoms with van der Waals surface area (Å²) in [5, 5.41) is 18.9. The van der Waals surface area contributed by atoms with E-state index in [1.807, 2.05) is 13.8 Å². The van der Waals surface area contributed by atoms with Crippen molar-refractivity contribution in [1.29, 1.82) is 0 Å². The molecule has 0 heterocycles. The summed E-state index contributed by atoms with van der Waals surface area (Å²) in [5.74, 6) is -1.49. The second-order valence-electron chi connectivity index (χ2n) is 5.61. The highest BCUT2D eigenvalue weighted by Gasteiger charge is 2.34. The summed E-state index contributed by atoms with van der Waals surface area (Å²) in [6.07, 6.45) is -0.819. The van der Waals surface area contributed by atoms with E-state index >= 15 is 0 Å². The smallest absolute Gasteiger partial charge is 0.228 e. The highest BCUT2D eigenvalue weighted by atomic mass is 35.6. The molecule has 0 spiro atoms. The normalized spacial score (nSPS) is 12.4. The number of nitrogens with one attached hydrogen (secondary N) is 3. The molecule has 0 bridgehead atoms. The second-order valence-corrected chi connectivity index (χ2v) is 8.38. The van der Waals surface area contributed by atoms with Crippen LogP contribution in [-0.2, 0) is 4.79 Å². The van der Waals surface area contributed by atoms with Crippen molar-refractivity contribution < 1.29 is 14.7 Å². The molecule has 0 aliphatic rings. The van der Waals surface area contributed by atoms with E-state index < -0.39 is 15.9 Å². The topological polar surface area (TPSA) is 93.3 Å². The van der Waals surface area contributed by atoms with E-state index in [-0.39, 0.29) is 28.9 Å². The predicted octanol–water partition coefficient (Wildman–Crippen LogP) is 2.20. The molecule has 10 heteroatoms. The van der Waals surface area contributed by atoms with Crippen LogP contribution < -0.4 is 21.1 Å². The lowest BCUT2D eigenvalue weighted by molar-refractivity contribution is -0.255. The maximum atomic E-state index is 11.9. The van der Waals surface area contributed by atoms with Crippen molar-refractivity contribution in [3.8, 4) is 0 Å². The van der Waals surface area contributed by atoms with E-state index in [0.717, 1.165) is 0 Å².